The van der Waals surface area contributed by atoms with E-state index in [1.54, 1.807) is 36.2 Å². The molecule has 0 aliphatic heterocycles. The second kappa shape index (κ2) is 5.57. The van der Waals surface area contributed by atoms with Gasteiger partial charge < -0.3 is 10.6 Å². The fourth-order valence-electron chi connectivity index (χ4n) is 2.04. The molecule has 0 fully saturated rings. The van der Waals surface area contributed by atoms with E-state index >= 15 is 0 Å². The number of nitrogen functional groups attached to an aromatic ring is 1. The zero-order chi connectivity index (χ0) is 14.7. The van der Waals surface area contributed by atoms with Crippen molar-refractivity contribution in [3.8, 4) is 6.07 Å². The molecule has 0 bridgehead atoms. The molecule has 4 nitrogen and oxygen atoms in total. The second-order valence-electron chi connectivity index (χ2n) is 4.56. The predicted octanol–water partition coefficient (Wildman–Crippen LogP) is 2.87. The monoisotopic (exact) mass is 270 g/mol. The molecule has 0 aliphatic carbocycles. The van der Waals surface area contributed by atoms with Crippen molar-refractivity contribution < 1.29 is 4.39 Å². The van der Waals surface area contributed by atoms with Gasteiger partial charge in [0.2, 0.25) is 0 Å². The van der Waals surface area contributed by atoms with Crippen LogP contribution in [0.4, 0.5) is 15.9 Å². The molecule has 1 unspecified atom stereocenters. The zero-order valence-electron chi connectivity index (χ0n) is 11.3. The van der Waals surface area contributed by atoms with E-state index in [-0.39, 0.29) is 11.9 Å². The SMILES string of the molecule is CC(c1ccccc1F)N(C)c1ncc(N)cc1C#N. The Morgan fingerprint density at radius 3 is 2.75 bits per heavy atom. The molecule has 0 saturated carbocycles. The van der Waals surface area contributed by atoms with Crippen LogP contribution in [0.1, 0.15) is 24.1 Å². The molecule has 0 spiro atoms. The van der Waals surface area contributed by atoms with E-state index in [9.17, 15) is 4.39 Å². The summed E-state index contributed by atoms with van der Waals surface area (Å²) in [5, 5.41) is 9.15. The topological polar surface area (TPSA) is 65.9 Å². The van der Waals surface area contributed by atoms with E-state index in [1.165, 1.54) is 12.3 Å². The van der Waals surface area contributed by atoms with Crippen LogP contribution >= 0.6 is 0 Å². The molecule has 2 rings (SSSR count). The van der Waals surface area contributed by atoms with Crippen molar-refractivity contribution in [2.24, 2.45) is 0 Å². The van der Waals surface area contributed by atoms with E-state index in [2.05, 4.69) is 11.1 Å². The fourth-order valence-corrected chi connectivity index (χ4v) is 2.04. The molecule has 2 aromatic rings. The van der Waals surface area contributed by atoms with Crippen molar-refractivity contribution >= 4 is 11.5 Å². The summed E-state index contributed by atoms with van der Waals surface area (Å²) in [4.78, 5) is 5.94. The van der Waals surface area contributed by atoms with E-state index in [4.69, 9.17) is 11.0 Å². The number of pyridine rings is 1. The molecule has 1 heterocycles. The van der Waals surface area contributed by atoms with Crippen LogP contribution < -0.4 is 10.6 Å². The number of aromatic nitrogens is 1. The molecular weight excluding hydrogens is 255 g/mol. The lowest BCUT2D eigenvalue weighted by Gasteiger charge is -2.27. The standard InChI is InChI=1S/C15H15FN4/c1-10(13-5-3-4-6-14(13)16)20(2)15-11(8-17)7-12(18)9-19-15/h3-7,9-10H,18H2,1-2H3. The number of rotatable bonds is 3. The third kappa shape index (κ3) is 2.54. The predicted molar refractivity (Wildman–Crippen MR) is 76.6 cm³/mol. The molecule has 2 N–H and O–H groups in total. The van der Waals surface area contributed by atoms with Gasteiger partial charge in [0.25, 0.3) is 0 Å². The number of hydrogen-bond acceptors (Lipinski definition) is 4. The maximum Gasteiger partial charge on any atom is 0.146 e. The molecule has 1 aromatic carbocycles. The summed E-state index contributed by atoms with van der Waals surface area (Å²) >= 11 is 0. The van der Waals surface area contributed by atoms with Gasteiger partial charge in [-0.3, -0.25) is 0 Å². The molecule has 0 saturated heterocycles. The van der Waals surface area contributed by atoms with E-state index in [0.717, 1.165) is 0 Å². The van der Waals surface area contributed by atoms with Gasteiger partial charge >= 0.3 is 0 Å². The summed E-state index contributed by atoms with van der Waals surface area (Å²) in [5.74, 6) is 0.207. The Labute approximate surface area is 117 Å². The third-order valence-electron chi connectivity index (χ3n) is 3.28. The van der Waals surface area contributed by atoms with Gasteiger partial charge in [-0.15, -0.1) is 0 Å². The summed E-state index contributed by atoms with van der Waals surface area (Å²) in [7, 11) is 1.77. The molecule has 0 amide bonds. The Hall–Kier alpha value is -2.61. The maximum atomic E-state index is 13.8. The van der Waals surface area contributed by atoms with Crippen molar-refractivity contribution in [1.29, 1.82) is 5.26 Å². The number of hydrogen-bond donors (Lipinski definition) is 1. The molecule has 0 aliphatic rings. The normalized spacial score (nSPS) is 11.7. The molecule has 1 atom stereocenters. The van der Waals surface area contributed by atoms with E-state index in [0.29, 0.717) is 22.6 Å². The molecular formula is C15H15FN4. The average molecular weight is 270 g/mol. The molecule has 0 radical (unpaired) electrons. The number of nitriles is 1. The highest BCUT2D eigenvalue weighted by molar-refractivity contribution is 5.59. The largest absolute Gasteiger partial charge is 0.397 e. The first-order chi connectivity index (χ1) is 9.54. The summed E-state index contributed by atoms with van der Waals surface area (Å²) in [6, 6.07) is 9.94. The van der Waals surface area contributed by atoms with E-state index < -0.39 is 0 Å². The minimum absolute atomic E-state index is 0.251. The van der Waals surface area contributed by atoms with Crippen LogP contribution in [-0.2, 0) is 0 Å². The van der Waals surface area contributed by atoms with Crippen molar-refractivity contribution in [1.82, 2.24) is 4.98 Å². The number of nitrogens with two attached hydrogens (primary N) is 1. The summed E-state index contributed by atoms with van der Waals surface area (Å²) in [6.07, 6.45) is 1.49. The highest BCUT2D eigenvalue weighted by Crippen LogP contribution is 2.28. The minimum Gasteiger partial charge on any atom is -0.397 e. The molecule has 102 valence electrons. The van der Waals surface area contributed by atoms with Crippen LogP contribution in [-0.4, -0.2) is 12.0 Å². The Morgan fingerprint density at radius 1 is 1.40 bits per heavy atom. The number of halogens is 1. The lowest BCUT2D eigenvalue weighted by molar-refractivity contribution is 0.584. The van der Waals surface area contributed by atoms with Gasteiger partial charge in [0, 0.05) is 12.6 Å². The van der Waals surface area contributed by atoms with Crippen LogP contribution in [0.15, 0.2) is 36.5 Å². The van der Waals surface area contributed by atoms with Crippen molar-refractivity contribution in [3.05, 3.63) is 53.5 Å². The first-order valence-corrected chi connectivity index (χ1v) is 6.17. The fraction of sp³-hybridized carbons (Fsp3) is 0.200. The van der Waals surface area contributed by atoms with Crippen molar-refractivity contribution in [2.45, 2.75) is 13.0 Å². The van der Waals surface area contributed by atoms with Gasteiger partial charge in [0.1, 0.15) is 17.7 Å². The van der Waals surface area contributed by atoms with Crippen LogP contribution in [0.5, 0.6) is 0 Å². The van der Waals surface area contributed by atoms with Gasteiger partial charge in [-0.1, -0.05) is 18.2 Å². The smallest absolute Gasteiger partial charge is 0.146 e. The lowest BCUT2D eigenvalue weighted by Crippen LogP contribution is -2.24. The summed E-state index contributed by atoms with van der Waals surface area (Å²) < 4.78 is 13.8. The summed E-state index contributed by atoms with van der Waals surface area (Å²) in [6.45, 7) is 1.86. The van der Waals surface area contributed by atoms with Crippen LogP contribution in [0.3, 0.4) is 0 Å². The first-order valence-electron chi connectivity index (χ1n) is 6.17. The van der Waals surface area contributed by atoms with Gasteiger partial charge in [-0.25, -0.2) is 9.37 Å². The number of nitrogens with zero attached hydrogens (tertiary/aromatic N) is 3. The van der Waals surface area contributed by atoms with E-state index in [1.807, 2.05) is 6.92 Å². The minimum atomic E-state index is -0.277. The molecule has 20 heavy (non-hydrogen) atoms. The lowest BCUT2D eigenvalue weighted by atomic mass is 10.1. The Morgan fingerprint density at radius 2 is 2.10 bits per heavy atom. The van der Waals surface area contributed by atoms with Crippen LogP contribution in [0.25, 0.3) is 0 Å². The van der Waals surface area contributed by atoms with Gasteiger partial charge in [0.05, 0.1) is 23.5 Å². The number of benzene rings is 1. The van der Waals surface area contributed by atoms with Gasteiger partial charge in [-0.2, -0.15) is 5.26 Å². The summed E-state index contributed by atoms with van der Waals surface area (Å²) in [5.41, 5.74) is 6.97. The van der Waals surface area contributed by atoms with Crippen LogP contribution in [0, 0.1) is 17.1 Å². The Bertz CT molecular complexity index is 663. The first kappa shape index (κ1) is 13.8. The molecule has 1 aromatic heterocycles. The van der Waals surface area contributed by atoms with Gasteiger partial charge in [-0.05, 0) is 19.1 Å². The van der Waals surface area contributed by atoms with Crippen molar-refractivity contribution in [3.63, 3.8) is 0 Å². The quantitative estimate of drug-likeness (QED) is 0.931. The van der Waals surface area contributed by atoms with Gasteiger partial charge in [0.15, 0.2) is 0 Å². The molecule has 5 heteroatoms. The second-order valence-corrected chi connectivity index (χ2v) is 4.56. The van der Waals surface area contributed by atoms with Crippen LogP contribution in [0.2, 0.25) is 0 Å². The Balaban J connectivity index is 2.39. The highest BCUT2D eigenvalue weighted by Gasteiger charge is 2.19. The third-order valence-corrected chi connectivity index (χ3v) is 3.28. The highest BCUT2D eigenvalue weighted by atomic mass is 19.1. The zero-order valence-corrected chi connectivity index (χ0v) is 11.3. The number of anilines is 2. The van der Waals surface area contributed by atoms with Crippen molar-refractivity contribution in [2.75, 3.05) is 17.7 Å². The Kier molecular flexibility index (Phi) is 3.85. The maximum absolute atomic E-state index is 13.8. The average Bonchev–Trinajstić information content (AvgIpc) is 2.46.